The average Bonchev–Trinajstić information content (AvgIpc) is 2.90. The summed E-state index contributed by atoms with van der Waals surface area (Å²) in [6.45, 7) is 6.48. The fraction of sp³-hybridized carbons (Fsp3) is 0.450. The van der Waals surface area contributed by atoms with Gasteiger partial charge in [0.05, 0.1) is 11.7 Å². The van der Waals surface area contributed by atoms with E-state index in [1.165, 1.54) is 5.56 Å². The minimum absolute atomic E-state index is 0.150. The number of piperidine rings is 1. The van der Waals surface area contributed by atoms with E-state index in [2.05, 4.69) is 35.8 Å². The van der Waals surface area contributed by atoms with Gasteiger partial charge in [-0.05, 0) is 38.3 Å². The Morgan fingerprint density at radius 2 is 1.83 bits per heavy atom. The van der Waals surface area contributed by atoms with Crippen LogP contribution >= 0.6 is 0 Å². The van der Waals surface area contributed by atoms with Crippen LogP contribution in [0.15, 0.2) is 36.4 Å². The van der Waals surface area contributed by atoms with Crippen molar-refractivity contribution in [2.45, 2.75) is 39.3 Å². The molecule has 2 heterocycles. The maximum atomic E-state index is 12.9. The molecule has 0 unspecified atom stereocenters. The van der Waals surface area contributed by atoms with Crippen LogP contribution in [0.2, 0.25) is 0 Å². The lowest BCUT2D eigenvalue weighted by atomic mass is 10.1. The van der Waals surface area contributed by atoms with Crippen LogP contribution in [-0.4, -0.2) is 41.7 Å². The Labute approximate surface area is 144 Å². The molecule has 1 aliphatic heterocycles. The topological polar surface area (TPSA) is 34.5 Å². The van der Waals surface area contributed by atoms with Gasteiger partial charge in [-0.15, -0.1) is 0 Å². The fourth-order valence-corrected chi connectivity index (χ4v) is 3.49. The minimum atomic E-state index is 0.150. The first kappa shape index (κ1) is 16.8. The van der Waals surface area contributed by atoms with E-state index in [4.69, 9.17) is 4.74 Å². The lowest BCUT2D eigenvalue weighted by molar-refractivity contribution is 0.0350. The van der Waals surface area contributed by atoms with Crippen LogP contribution in [0, 0.1) is 13.8 Å². The largest absolute Gasteiger partial charge is 0.381 e. The highest BCUT2D eigenvalue weighted by Crippen LogP contribution is 2.21. The van der Waals surface area contributed by atoms with Crippen LogP contribution in [0.3, 0.4) is 0 Å². The number of carbonyl (C=O) groups is 1. The third-order valence-corrected chi connectivity index (χ3v) is 5.05. The lowest BCUT2D eigenvalue weighted by Crippen LogP contribution is -2.40. The van der Waals surface area contributed by atoms with Gasteiger partial charge in [-0.3, -0.25) is 4.79 Å². The summed E-state index contributed by atoms with van der Waals surface area (Å²) in [5.74, 6) is 0.150. The highest BCUT2D eigenvalue weighted by atomic mass is 16.5. The number of hydrogen-bond acceptors (Lipinski definition) is 2. The molecule has 24 heavy (non-hydrogen) atoms. The highest BCUT2D eigenvalue weighted by molar-refractivity contribution is 5.95. The molecular formula is C20H26N2O2. The van der Waals surface area contributed by atoms with Crippen LogP contribution in [0.4, 0.5) is 0 Å². The number of aryl methyl sites for hydroxylation is 1. The van der Waals surface area contributed by atoms with Crippen molar-refractivity contribution in [1.82, 2.24) is 9.47 Å². The maximum Gasteiger partial charge on any atom is 0.255 e. The van der Waals surface area contributed by atoms with Gasteiger partial charge >= 0.3 is 0 Å². The van der Waals surface area contributed by atoms with Crippen LogP contribution < -0.4 is 0 Å². The molecule has 1 aliphatic rings. The zero-order valence-corrected chi connectivity index (χ0v) is 14.8. The van der Waals surface area contributed by atoms with Gasteiger partial charge in [0.25, 0.3) is 5.91 Å². The fourth-order valence-electron chi connectivity index (χ4n) is 3.49. The summed E-state index contributed by atoms with van der Waals surface area (Å²) >= 11 is 0. The number of nitrogens with zero attached hydrogens (tertiary/aromatic N) is 2. The predicted molar refractivity (Wildman–Crippen MR) is 95.4 cm³/mol. The second-order valence-electron chi connectivity index (χ2n) is 6.58. The maximum absolute atomic E-state index is 12.9. The summed E-state index contributed by atoms with van der Waals surface area (Å²) in [4.78, 5) is 14.9. The third-order valence-electron chi connectivity index (χ3n) is 5.05. The molecule has 128 valence electrons. The van der Waals surface area contributed by atoms with Gasteiger partial charge in [0.1, 0.15) is 0 Å². The summed E-state index contributed by atoms with van der Waals surface area (Å²) in [5, 5.41) is 0. The average molecular weight is 326 g/mol. The highest BCUT2D eigenvalue weighted by Gasteiger charge is 2.26. The van der Waals surface area contributed by atoms with Crippen LogP contribution in [0.25, 0.3) is 0 Å². The number of amides is 1. The molecule has 4 heteroatoms. The number of likely N-dealkylation sites (tertiary alicyclic amines) is 1. The summed E-state index contributed by atoms with van der Waals surface area (Å²) in [6.07, 6.45) is 2.13. The van der Waals surface area contributed by atoms with Crippen molar-refractivity contribution in [2.75, 3.05) is 20.2 Å². The van der Waals surface area contributed by atoms with E-state index in [-0.39, 0.29) is 5.91 Å². The first-order valence-electron chi connectivity index (χ1n) is 8.63. The summed E-state index contributed by atoms with van der Waals surface area (Å²) < 4.78 is 7.62. The third kappa shape index (κ3) is 3.39. The van der Waals surface area contributed by atoms with Crippen molar-refractivity contribution in [2.24, 2.45) is 0 Å². The number of ether oxygens (including phenoxy) is 1. The van der Waals surface area contributed by atoms with Crippen molar-refractivity contribution in [1.29, 1.82) is 0 Å². The first-order valence-corrected chi connectivity index (χ1v) is 8.63. The SMILES string of the molecule is COC1CCN(C(=O)c2cc(C)n(Cc3ccccc3)c2C)CC1. The molecule has 4 nitrogen and oxygen atoms in total. The van der Waals surface area contributed by atoms with Crippen molar-refractivity contribution >= 4 is 5.91 Å². The molecule has 2 aromatic rings. The number of carbonyl (C=O) groups excluding carboxylic acids is 1. The van der Waals surface area contributed by atoms with Gasteiger partial charge in [-0.2, -0.15) is 0 Å². The molecule has 1 fully saturated rings. The van der Waals surface area contributed by atoms with Crippen LogP contribution in [0.1, 0.15) is 40.2 Å². The smallest absolute Gasteiger partial charge is 0.255 e. The second-order valence-corrected chi connectivity index (χ2v) is 6.58. The Morgan fingerprint density at radius 3 is 2.46 bits per heavy atom. The molecule has 0 aliphatic carbocycles. The van der Waals surface area contributed by atoms with E-state index in [0.717, 1.165) is 49.4 Å². The zero-order valence-electron chi connectivity index (χ0n) is 14.8. The number of aromatic nitrogens is 1. The molecular weight excluding hydrogens is 300 g/mol. The second kappa shape index (κ2) is 7.22. The molecule has 0 spiro atoms. The molecule has 0 bridgehead atoms. The monoisotopic (exact) mass is 326 g/mol. The van der Waals surface area contributed by atoms with E-state index in [9.17, 15) is 4.79 Å². The van der Waals surface area contributed by atoms with Crippen molar-refractivity contribution < 1.29 is 9.53 Å². The Kier molecular flexibility index (Phi) is 5.05. The summed E-state index contributed by atoms with van der Waals surface area (Å²) in [7, 11) is 1.75. The molecule has 0 atom stereocenters. The van der Waals surface area contributed by atoms with Gasteiger partial charge in [0, 0.05) is 38.1 Å². The molecule has 1 aromatic carbocycles. The number of methoxy groups -OCH3 is 1. The van der Waals surface area contributed by atoms with Crippen molar-refractivity contribution in [3.05, 3.63) is 58.9 Å². The summed E-state index contributed by atoms with van der Waals surface area (Å²) in [6, 6.07) is 12.4. The van der Waals surface area contributed by atoms with Gasteiger partial charge in [-0.25, -0.2) is 0 Å². The minimum Gasteiger partial charge on any atom is -0.381 e. The number of hydrogen-bond donors (Lipinski definition) is 0. The lowest BCUT2D eigenvalue weighted by Gasteiger charge is -2.31. The number of benzene rings is 1. The number of rotatable bonds is 4. The van der Waals surface area contributed by atoms with Crippen molar-refractivity contribution in [3.8, 4) is 0 Å². The molecule has 0 radical (unpaired) electrons. The van der Waals surface area contributed by atoms with E-state index in [1.54, 1.807) is 7.11 Å². The van der Waals surface area contributed by atoms with Crippen LogP contribution in [-0.2, 0) is 11.3 Å². The molecule has 0 N–H and O–H groups in total. The summed E-state index contributed by atoms with van der Waals surface area (Å²) in [5.41, 5.74) is 4.26. The Balaban J connectivity index is 1.77. The van der Waals surface area contributed by atoms with E-state index in [1.807, 2.05) is 24.0 Å². The predicted octanol–water partition coefficient (Wildman–Crippen LogP) is 3.40. The standard InChI is InChI=1S/C20H26N2O2/c1-15-13-19(20(23)21-11-9-18(24-3)10-12-21)16(2)22(15)14-17-7-5-4-6-8-17/h4-8,13,18H,9-12,14H2,1-3H3. The normalized spacial score (nSPS) is 15.7. The molecule has 3 rings (SSSR count). The van der Waals surface area contributed by atoms with Gasteiger partial charge < -0.3 is 14.2 Å². The van der Waals surface area contributed by atoms with E-state index >= 15 is 0 Å². The quantitative estimate of drug-likeness (QED) is 0.863. The van der Waals surface area contributed by atoms with Crippen LogP contribution in [0.5, 0.6) is 0 Å². The van der Waals surface area contributed by atoms with E-state index in [0.29, 0.717) is 6.10 Å². The molecule has 1 aromatic heterocycles. The van der Waals surface area contributed by atoms with E-state index < -0.39 is 0 Å². The molecule has 1 saturated heterocycles. The molecule has 0 saturated carbocycles. The Bertz CT molecular complexity index is 698. The van der Waals surface area contributed by atoms with Gasteiger partial charge in [0.2, 0.25) is 0 Å². The van der Waals surface area contributed by atoms with Crippen molar-refractivity contribution in [3.63, 3.8) is 0 Å². The first-order chi connectivity index (χ1) is 11.6. The Morgan fingerprint density at radius 1 is 1.17 bits per heavy atom. The van der Waals surface area contributed by atoms with Gasteiger partial charge in [0.15, 0.2) is 0 Å². The van der Waals surface area contributed by atoms with Gasteiger partial charge in [-0.1, -0.05) is 30.3 Å². The zero-order chi connectivity index (χ0) is 17.1. The molecule has 1 amide bonds. The Hall–Kier alpha value is -2.07.